The number of hydrogen-bond acceptors (Lipinski definition) is 3. The third-order valence-corrected chi connectivity index (χ3v) is 4.78. The van der Waals surface area contributed by atoms with Crippen LogP contribution in [0.4, 0.5) is 0 Å². The second-order valence-corrected chi connectivity index (χ2v) is 6.86. The molecule has 0 bridgehead atoms. The van der Waals surface area contributed by atoms with Crippen LogP contribution in [0.5, 0.6) is 0 Å². The van der Waals surface area contributed by atoms with E-state index in [1.165, 1.54) is 6.08 Å². The van der Waals surface area contributed by atoms with Crippen molar-refractivity contribution in [3.8, 4) is 0 Å². The van der Waals surface area contributed by atoms with Crippen molar-refractivity contribution in [2.75, 3.05) is 0 Å². The molecule has 0 fully saturated rings. The number of esters is 1. The molecule has 0 saturated heterocycles. The van der Waals surface area contributed by atoms with Gasteiger partial charge in [0.25, 0.3) is 0 Å². The molecule has 1 aliphatic carbocycles. The molecule has 1 unspecified atom stereocenters. The van der Waals surface area contributed by atoms with Crippen LogP contribution in [0, 0.1) is 0 Å². The standard InChI is InChI=1S/C25H22O3/c1-3-24(27)28-23-18-25(2,21-12-8-5-9-13-21)17-16-20(23)14-15-22(26)19-10-6-4-7-11-19/h3-17H,1,18H2,2H3. The van der Waals surface area contributed by atoms with Crippen LogP contribution in [-0.2, 0) is 14.9 Å². The lowest BCUT2D eigenvalue weighted by Gasteiger charge is -2.31. The normalized spacial score (nSPS) is 18.9. The highest BCUT2D eigenvalue weighted by molar-refractivity contribution is 6.04. The Bertz CT molecular complexity index is 965. The Hall–Kier alpha value is -3.46. The second-order valence-electron chi connectivity index (χ2n) is 6.86. The topological polar surface area (TPSA) is 43.4 Å². The number of carbonyl (C=O) groups excluding carboxylic acids is 2. The van der Waals surface area contributed by atoms with Crippen molar-refractivity contribution < 1.29 is 14.3 Å². The third kappa shape index (κ3) is 4.44. The van der Waals surface area contributed by atoms with Gasteiger partial charge in [0.2, 0.25) is 0 Å². The fraction of sp³-hybridized carbons (Fsp3) is 0.120. The van der Waals surface area contributed by atoms with Crippen LogP contribution < -0.4 is 0 Å². The second kappa shape index (κ2) is 8.49. The number of ketones is 1. The Kier molecular flexibility index (Phi) is 5.85. The molecule has 28 heavy (non-hydrogen) atoms. The number of ether oxygens (including phenoxy) is 1. The Labute approximate surface area is 165 Å². The number of allylic oxidation sites excluding steroid dienone is 6. The van der Waals surface area contributed by atoms with Crippen molar-refractivity contribution in [3.63, 3.8) is 0 Å². The van der Waals surface area contributed by atoms with E-state index in [9.17, 15) is 9.59 Å². The van der Waals surface area contributed by atoms with Crippen molar-refractivity contribution in [2.45, 2.75) is 18.8 Å². The molecule has 0 heterocycles. The van der Waals surface area contributed by atoms with Gasteiger partial charge in [-0.05, 0) is 17.7 Å². The van der Waals surface area contributed by atoms with Crippen LogP contribution >= 0.6 is 0 Å². The van der Waals surface area contributed by atoms with Gasteiger partial charge >= 0.3 is 5.97 Å². The summed E-state index contributed by atoms with van der Waals surface area (Å²) in [5.74, 6) is -0.0934. The molecular formula is C25H22O3. The molecule has 3 nitrogen and oxygen atoms in total. The van der Waals surface area contributed by atoms with Crippen molar-refractivity contribution in [2.24, 2.45) is 0 Å². The summed E-state index contributed by atoms with van der Waals surface area (Å²) >= 11 is 0. The number of rotatable bonds is 6. The first kappa shape index (κ1) is 19.3. The van der Waals surface area contributed by atoms with Crippen molar-refractivity contribution >= 4 is 11.8 Å². The lowest BCUT2D eigenvalue weighted by Crippen LogP contribution is -2.24. The van der Waals surface area contributed by atoms with Gasteiger partial charge in [-0.2, -0.15) is 0 Å². The van der Waals surface area contributed by atoms with Crippen molar-refractivity contribution in [1.29, 1.82) is 0 Å². The van der Waals surface area contributed by atoms with E-state index >= 15 is 0 Å². The molecule has 2 aromatic rings. The maximum absolute atomic E-state index is 12.4. The van der Waals surface area contributed by atoms with Crippen LogP contribution in [0.3, 0.4) is 0 Å². The fourth-order valence-electron chi connectivity index (χ4n) is 3.15. The Balaban J connectivity index is 1.90. The quantitative estimate of drug-likeness (QED) is 0.392. The molecule has 0 amide bonds. The minimum absolute atomic E-state index is 0.104. The largest absolute Gasteiger partial charge is 0.427 e. The lowest BCUT2D eigenvalue weighted by atomic mass is 9.75. The van der Waals surface area contributed by atoms with E-state index in [0.717, 1.165) is 11.6 Å². The highest BCUT2D eigenvalue weighted by atomic mass is 16.5. The molecule has 3 heteroatoms. The molecule has 1 aliphatic rings. The van der Waals surface area contributed by atoms with E-state index < -0.39 is 5.97 Å². The maximum Gasteiger partial charge on any atom is 0.335 e. The van der Waals surface area contributed by atoms with Crippen LogP contribution in [0.15, 0.2) is 109 Å². The lowest BCUT2D eigenvalue weighted by molar-refractivity contribution is -0.134. The summed E-state index contributed by atoms with van der Waals surface area (Å²) in [5.41, 5.74) is 2.13. The van der Waals surface area contributed by atoms with Gasteiger partial charge in [0.15, 0.2) is 5.78 Å². The van der Waals surface area contributed by atoms with E-state index in [1.807, 2.05) is 42.5 Å². The Morgan fingerprint density at radius 2 is 1.68 bits per heavy atom. The van der Waals surface area contributed by atoms with Crippen LogP contribution in [-0.4, -0.2) is 11.8 Å². The minimum Gasteiger partial charge on any atom is -0.427 e. The van der Waals surface area contributed by atoms with Crippen LogP contribution in [0.2, 0.25) is 0 Å². The average molecular weight is 370 g/mol. The summed E-state index contributed by atoms with van der Waals surface area (Å²) in [6, 6.07) is 19.1. The van der Waals surface area contributed by atoms with Gasteiger partial charge in [-0.15, -0.1) is 0 Å². The molecule has 0 N–H and O–H groups in total. The zero-order chi connectivity index (χ0) is 20.0. The molecule has 140 valence electrons. The van der Waals surface area contributed by atoms with Crippen molar-refractivity contribution in [3.05, 3.63) is 120 Å². The first-order valence-electron chi connectivity index (χ1n) is 9.11. The molecule has 0 radical (unpaired) electrons. The fourth-order valence-corrected chi connectivity index (χ4v) is 3.15. The van der Waals surface area contributed by atoms with Crippen LogP contribution in [0.1, 0.15) is 29.3 Å². The minimum atomic E-state index is -0.513. The highest BCUT2D eigenvalue weighted by Crippen LogP contribution is 2.38. The molecule has 2 aromatic carbocycles. The molecule has 1 atom stereocenters. The van der Waals surface area contributed by atoms with Gasteiger partial charge in [0, 0.05) is 29.0 Å². The monoisotopic (exact) mass is 370 g/mol. The van der Waals surface area contributed by atoms with Gasteiger partial charge < -0.3 is 4.74 Å². The Morgan fingerprint density at radius 1 is 1.04 bits per heavy atom. The average Bonchev–Trinajstić information content (AvgIpc) is 2.74. The van der Waals surface area contributed by atoms with E-state index in [2.05, 4.69) is 31.7 Å². The van der Waals surface area contributed by atoms with Crippen LogP contribution in [0.25, 0.3) is 0 Å². The zero-order valence-electron chi connectivity index (χ0n) is 15.8. The summed E-state index contributed by atoms with van der Waals surface area (Å²) in [6.45, 7) is 5.57. The SMILES string of the molecule is C=CC(=O)OC1=C(C=CC(=O)c2ccccc2)C=CC(C)(c2ccccc2)C1. The number of benzene rings is 2. The van der Waals surface area contributed by atoms with E-state index in [0.29, 0.717) is 23.3 Å². The molecule has 0 aliphatic heterocycles. The molecule has 0 spiro atoms. The number of hydrogen-bond donors (Lipinski definition) is 0. The predicted molar refractivity (Wildman–Crippen MR) is 111 cm³/mol. The van der Waals surface area contributed by atoms with Crippen molar-refractivity contribution in [1.82, 2.24) is 0 Å². The summed E-state index contributed by atoms with van der Waals surface area (Å²) in [6.07, 6.45) is 8.83. The van der Waals surface area contributed by atoms with Gasteiger partial charge in [-0.1, -0.05) is 86.3 Å². The zero-order valence-corrected chi connectivity index (χ0v) is 15.8. The third-order valence-electron chi connectivity index (χ3n) is 4.78. The molecule has 0 saturated carbocycles. The molecule has 0 aromatic heterocycles. The summed E-state index contributed by atoms with van der Waals surface area (Å²) in [5, 5.41) is 0. The van der Waals surface area contributed by atoms with E-state index in [-0.39, 0.29) is 11.2 Å². The summed E-state index contributed by atoms with van der Waals surface area (Å²) in [4.78, 5) is 24.2. The smallest absolute Gasteiger partial charge is 0.335 e. The van der Waals surface area contributed by atoms with E-state index in [1.54, 1.807) is 18.2 Å². The molecular weight excluding hydrogens is 348 g/mol. The predicted octanol–water partition coefficient (Wildman–Crippen LogP) is 5.33. The molecule has 3 rings (SSSR count). The Morgan fingerprint density at radius 3 is 2.32 bits per heavy atom. The van der Waals surface area contributed by atoms with Gasteiger partial charge in [0.05, 0.1) is 0 Å². The van der Waals surface area contributed by atoms with Gasteiger partial charge in [-0.3, -0.25) is 4.79 Å². The van der Waals surface area contributed by atoms with Gasteiger partial charge in [-0.25, -0.2) is 4.79 Å². The summed E-state index contributed by atoms with van der Waals surface area (Å²) < 4.78 is 5.52. The first-order valence-corrected chi connectivity index (χ1v) is 9.11. The highest BCUT2D eigenvalue weighted by Gasteiger charge is 2.30. The van der Waals surface area contributed by atoms with E-state index in [4.69, 9.17) is 4.74 Å². The number of carbonyl (C=O) groups is 2. The summed E-state index contributed by atoms with van der Waals surface area (Å²) in [7, 11) is 0. The maximum atomic E-state index is 12.4. The first-order chi connectivity index (χ1) is 13.5. The van der Waals surface area contributed by atoms with Gasteiger partial charge in [0.1, 0.15) is 5.76 Å².